The predicted molar refractivity (Wildman–Crippen MR) is 135 cm³/mol. The summed E-state index contributed by atoms with van der Waals surface area (Å²) in [6.45, 7) is 2.16. The van der Waals surface area contributed by atoms with Gasteiger partial charge in [0.25, 0.3) is 5.91 Å². The van der Waals surface area contributed by atoms with Gasteiger partial charge in [0.15, 0.2) is 11.5 Å². The fraction of sp³-hybridized carbons (Fsp3) is 0.261. The normalized spacial score (nSPS) is 14.7. The molecule has 0 aliphatic carbocycles. The molecule has 0 aromatic heterocycles. The molecule has 2 aromatic rings. The van der Waals surface area contributed by atoms with Crippen LogP contribution in [0.2, 0.25) is 10.0 Å². The molecular weight excluding hydrogens is 505 g/mol. The summed E-state index contributed by atoms with van der Waals surface area (Å²) in [4.78, 5) is 26.3. The van der Waals surface area contributed by atoms with Crippen molar-refractivity contribution in [1.82, 2.24) is 4.90 Å². The van der Waals surface area contributed by atoms with Crippen LogP contribution in [-0.2, 0) is 20.9 Å². The Bertz CT molecular complexity index is 1090. The maximum Gasteiger partial charge on any atom is 0.326 e. The third-order valence-corrected chi connectivity index (χ3v) is 6.63. The molecule has 0 N–H and O–H groups in total. The maximum absolute atomic E-state index is 12.7. The number of thiocarbonyl (C=S) groups is 1. The molecule has 1 aliphatic rings. The van der Waals surface area contributed by atoms with Gasteiger partial charge < -0.3 is 14.2 Å². The minimum Gasteiger partial charge on any atom is -0.493 e. The van der Waals surface area contributed by atoms with Gasteiger partial charge in [-0.3, -0.25) is 14.5 Å². The highest BCUT2D eigenvalue weighted by Gasteiger charge is 2.33. The smallest absolute Gasteiger partial charge is 0.326 e. The van der Waals surface area contributed by atoms with Crippen LogP contribution in [0, 0.1) is 0 Å². The van der Waals surface area contributed by atoms with Crippen LogP contribution in [0.4, 0.5) is 0 Å². The van der Waals surface area contributed by atoms with Gasteiger partial charge in [-0.1, -0.05) is 66.2 Å². The van der Waals surface area contributed by atoms with E-state index in [-0.39, 0.29) is 19.1 Å². The highest BCUT2D eigenvalue weighted by molar-refractivity contribution is 8.26. The molecule has 0 unspecified atom stereocenters. The van der Waals surface area contributed by atoms with Crippen LogP contribution in [0.5, 0.6) is 11.5 Å². The summed E-state index contributed by atoms with van der Waals surface area (Å²) >= 11 is 18.8. The Morgan fingerprint density at radius 2 is 1.91 bits per heavy atom. The van der Waals surface area contributed by atoms with Gasteiger partial charge >= 0.3 is 5.97 Å². The van der Waals surface area contributed by atoms with Crippen molar-refractivity contribution < 1.29 is 23.8 Å². The van der Waals surface area contributed by atoms with Crippen molar-refractivity contribution in [3.8, 4) is 11.5 Å². The van der Waals surface area contributed by atoms with E-state index in [9.17, 15) is 9.59 Å². The molecule has 0 bridgehead atoms. The fourth-order valence-electron chi connectivity index (χ4n) is 2.89. The molecule has 174 valence electrons. The van der Waals surface area contributed by atoms with E-state index < -0.39 is 5.97 Å². The van der Waals surface area contributed by atoms with Gasteiger partial charge in [0, 0.05) is 15.6 Å². The molecule has 0 radical (unpaired) electrons. The number of halogens is 2. The molecular formula is C23H21Cl2NO5S2. The summed E-state index contributed by atoms with van der Waals surface area (Å²) in [5.74, 6) is 0.143. The Hall–Kier alpha value is -2.26. The van der Waals surface area contributed by atoms with Crippen molar-refractivity contribution in [1.29, 1.82) is 0 Å². The van der Waals surface area contributed by atoms with E-state index in [0.717, 1.165) is 11.8 Å². The number of benzene rings is 2. The number of thioether (sulfide) groups is 1. The zero-order valence-electron chi connectivity index (χ0n) is 17.9. The van der Waals surface area contributed by atoms with Crippen molar-refractivity contribution >= 4 is 69.5 Å². The van der Waals surface area contributed by atoms with Crippen LogP contribution in [0.3, 0.4) is 0 Å². The van der Waals surface area contributed by atoms with Crippen molar-refractivity contribution in [3.05, 3.63) is 62.5 Å². The van der Waals surface area contributed by atoms with E-state index in [1.165, 1.54) is 12.0 Å². The second kappa shape index (κ2) is 11.7. The number of rotatable bonds is 9. The highest BCUT2D eigenvalue weighted by Crippen LogP contribution is 2.35. The quantitative estimate of drug-likeness (QED) is 0.235. The van der Waals surface area contributed by atoms with Crippen LogP contribution in [-0.4, -0.2) is 41.4 Å². The molecule has 3 rings (SSSR count). The summed E-state index contributed by atoms with van der Waals surface area (Å²) in [5, 5.41) is 1.03. The molecule has 0 spiro atoms. The van der Waals surface area contributed by atoms with E-state index in [0.29, 0.717) is 54.9 Å². The van der Waals surface area contributed by atoms with Crippen molar-refractivity contribution in [2.75, 3.05) is 20.3 Å². The average molecular weight is 526 g/mol. The molecule has 1 aliphatic heterocycles. The number of ether oxygens (including phenoxy) is 3. The number of hydrogen-bond acceptors (Lipinski definition) is 7. The van der Waals surface area contributed by atoms with Gasteiger partial charge in [0.05, 0.1) is 18.6 Å². The van der Waals surface area contributed by atoms with Crippen LogP contribution < -0.4 is 9.47 Å². The van der Waals surface area contributed by atoms with Crippen molar-refractivity contribution in [2.24, 2.45) is 0 Å². The zero-order chi connectivity index (χ0) is 24.0. The minimum atomic E-state index is -0.490. The molecule has 10 heteroatoms. The number of esters is 1. The Balaban J connectivity index is 1.73. The number of hydrogen-bond donors (Lipinski definition) is 0. The van der Waals surface area contributed by atoms with E-state index in [1.54, 1.807) is 42.5 Å². The first-order chi connectivity index (χ1) is 15.8. The first-order valence-electron chi connectivity index (χ1n) is 9.98. The minimum absolute atomic E-state index is 0.168. The number of nitrogens with zero attached hydrogens (tertiary/aromatic N) is 1. The van der Waals surface area contributed by atoms with Crippen LogP contribution in [0.1, 0.15) is 24.5 Å². The average Bonchev–Trinajstić information content (AvgIpc) is 3.05. The first-order valence-corrected chi connectivity index (χ1v) is 12.0. The van der Waals surface area contributed by atoms with Crippen LogP contribution in [0.15, 0.2) is 41.3 Å². The molecule has 2 aromatic carbocycles. The second-order valence-electron chi connectivity index (χ2n) is 6.89. The number of methoxy groups -OCH3 is 1. The van der Waals surface area contributed by atoms with E-state index >= 15 is 0 Å². The van der Waals surface area contributed by atoms with E-state index in [4.69, 9.17) is 49.6 Å². The Labute approximate surface area is 211 Å². The van der Waals surface area contributed by atoms with Crippen LogP contribution in [0.25, 0.3) is 6.08 Å². The van der Waals surface area contributed by atoms with Gasteiger partial charge in [0.2, 0.25) is 0 Å². The van der Waals surface area contributed by atoms with Crippen molar-refractivity contribution in [3.63, 3.8) is 0 Å². The molecule has 1 saturated heterocycles. The molecule has 0 atom stereocenters. The van der Waals surface area contributed by atoms with E-state index in [1.807, 2.05) is 6.92 Å². The lowest BCUT2D eigenvalue weighted by Crippen LogP contribution is -2.34. The number of carbonyl (C=O) groups is 2. The molecule has 0 saturated carbocycles. The molecule has 6 nitrogen and oxygen atoms in total. The van der Waals surface area contributed by atoms with Crippen molar-refractivity contribution in [2.45, 2.75) is 20.0 Å². The van der Waals surface area contributed by atoms with Gasteiger partial charge in [-0.05, 0) is 42.3 Å². The Kier molecular flexibility index (Phi) is 9.02. The summed E-state index contributed by atoms with van der Waals surface area (Å²) in [6, 6.07) is 10.5. The standard InChI is InChI=1S/C23H21Cl2NO5S2/c1-3-9-30-21(27)12-26-22(28)20(33-23(26)32)11-14-7-8-18(19(10-14)29-2)31-13-15-16(24)5-4-6-17(15)25/h4-8,10-11H,3,9,12-13H2,1-2H3/b20-11-. The summed E-state index contributed by atoms with van der Waals surface area (Å²) < 4.78 is 16.7. The molecule has 33 heavy (non-hydrogen) atoms. The van der Waals surface area contributed by atoms with Gasteiger partial charge in [-0.2, -0.15) is 0 Å². The van der Waals surface area contributed by atoms with Gasteiger partial charge in [0.1, 0.15) is 17.5 Å². The fourth-order valence-corrected chi connectivity index (χ4v) is 4.65. The highest BCUT2D eigenvalue weighted by atomic mass is 35.5. The zero-order valence-corrected chi connectivity index (χ0v) is 21.1. The second-order valence-corrected chi connectivity index (χ2v) is 9.38. The summed E-state index contributed by atoms with van der Waals surface area (Å²) in [7, 11) is 1.52. The monoisotopic (exact) mass is 525 g/mol. The summed E-state index contributed by atoms with van der Waals surface area (Å²) in [6.07, 6.45) is 2.39. The topological polar surface area (TPSA) is 65.1 Å². The number of amides is 1. The van der Waals surface area contributed by atoms with Crippen LogP contribution >= 0.6 is 47.2 Å². The lowest BCUT2D eigenvalue weighted by Gasteiger charge is -2.13. The third kappa shape index (κ3) is 6.41. The predicted octanol–water partition coefficient (Wildman–Crippen LogP) is 5.74. The first kappa shape index (κ1) is 25.4. The Morgan fingerprint density at radius 3 is 2.58 bits per heavy atom. The Morgan fingerprint density at radius 1 is 1.18 bits per heavy atom. The maximum atomic E-state index is 12.7. The largest absolute Gasteiger partial charge is 0.493 e. The molecule has 1 heterocycles. The molecule has 1 fully saturated rings. The van der Waals surface area contributed by atoms with E-state index in [2.05, 4.69) is 0 Å². The summed E-state index contributed by atoms with van der Waals surface area (Å²) in [5.41, 5.74) is 1.39. The lowest BCUT2D eigenvalue weighted by atomic mass is 10.1. The third-order valence-electron chi connectivity index (χ3n) is 4.55. The van der Waals surface area contributed by atoms with Gasteiger partial charge in [-0.25, -0.2) is 0 Å². The van der Waals surface area contributed by atoms with Gasteiger partial charge in [-0.15, -0.1) is 0 Å². The number of carbonyl (C=O) groups excluding carboxylic acids is 2. The molecule has 1 amide bonds. The lowest BCUT2D eigenvalue weighted by molar-refractivity contribution is -0.146. The SMILES string of the molecule is CCCOC(=O)CN1C(=O)/C(=C/c2ccc(OCc3c(Cl)cccc3Cl)c(OC)c2)SC1=S.